The molecule has 2 aromatic heterocycles. The van der Waals surface area contributed by atoms with Gasteiger partial charge in [-0.25, -0.2) is 9.97 Å². The molecule has 1 aliphatic heterocycles. The zero-order valence-electron chi connectivity index (χ0n) is 10.0. The molecule has 18 heavy (non-hydrogen) atoms. The Morgan fingerprint density at radius 2 is 2.33 bits per heavy atom. The Morgan fingerprint density at radius 1 is 1.50 bits per heavy atom. The molecule has 1 fully saturated rings. The summed E-state index contributed by atoms with van der Waals surface area (Å²) in [4.78, 5) is 8.39. The quantitative estimate of drug-likeness (QED) is 0.804. The second kappa shape index (κ2) is 4.31. The molecule has 3 atom stereocenters. The molecule has 3 rings (SSSR count). The second-order valence-electron chi connectivity index (χ2n) is 4.53. The topological polar surface area (TPSA) is 80.4 Å². The molecule has 0 spiro atoms. The third-order valence-corrected chi connectivity index (χ3v) is 3.40. The van der Waals surface area contributed by atoms with Crippen molar-refractivity contribution in [3.8, 4) is 0 Å². The van der Waals surface area contributed by atoms with Crippen LogP contribution >= 0.6 is 0 Å². The predicted octanol–water partition coefficient (Wildman–Crippen LogP) is 0.380. The maximum atomic E-state index is 9.75. The molecule has 3 heterocycles. The van der Waals surface area contributed by atoms with E-state index in [1.54, 1.807) is 0 Å². The number of fused-ring (bicyclic) bond motifs is 1. The lowest BCUT2D eigenvalue weighted by atomic mass is 10.2. The van der Waals surface area contributed by atoms with E-state index in [0.717, 1.165) is 16.7 Å². The standard InChI is InChI=1S/C12H15N3O3/c1-7-8-2-3-15(12(8)14-6-13-7)11-4-9(17)10(5-16)18-11/h2-3,6,9-11,16-17H,4-5H2,1H3/t9?,10-,11-/m1/s1. The molecule has 6 heteroatoms. The van der Waals surface area contributed by atoms with Gasteiger partial charge in [0.25, 0.3) is 0 Å². The van der Waals surface area contributed by atoms with Crippen LogP contribution in [0.1, 0.15) is 18.3 Å². The highest BCUT2D eigenvalue weighted by Crippen LogP contribution is 2.31. The van der Waals surface area contributed by atoms with Crippen molar-refractivity contribution in [3.63, 3.8) is 0 Å². The van der Waals surface area contributed by atoms with Gasteiger partial charge < -0.3 is 19.5 Å². The minimum Gasteiger partial charge on any atom is -0.394 e. The minimum atomic E-state index is -0.639. The Labute approximate surface area is 104 Å². The van der Waals surface area contributed by atoms with Gasteiger partial charge in [-0.05, 0) is 13.0 Å². The highest BCUT2D eigenvalue weighted by atomic mass is 16.5. The van der Waals surface area contributed by atoms with E-state index in [1.807, 2.05) is 23.8 Å². The Bertz CT molecular complexity index is 569. The van der Waals surface area contributed by atoms with Crippen molar-refractivity contribution in [2.24, 2.45) is 0 Å². The van der Waals surface area contributed by atoms with E-state index in [9.17, 15) is 5.11 Å². The van der Waals surface area contributed by atoms with Crippen LogP contribution in [0.4, 0.5) is 0 Å². The number of hydrogen-bond donors (Lipinski definition) is 2. The number of nitrogens with zero attached hydrogens (tertiary/aromatic N) is 3. The third kappa shape index (κ3) is 1.69. The van der Waals surface area contributed by atoms with Crippen molar-refractivity contribution in [3.05, 3.63) is 24.3 Å². The molecule has 0 bridgehead atoms. The van der Waals surface area contributed by atoms with Crippen molar-refractivity contribution >= 4 is 11.0 Å². The Balaban J connectivity index is 1.99. The fourth-order valence-corrected chi connectivity index (χ4v) is 2.38. The molecule has 1 saturated heterocycles. The normalized spacial score (nSPS) is 28.1. The van der Waals surface area contributed by atoms with Crippen molar-refractivity contribution in [2.75, 3.05) is 6.61 Å². The number of aryl methyl sites for hydroxylation is 1. The van der Waals surface area contributed by atoms with Crippen LogP contribution in [0.15, 0.2) is 18.6 Å². The molecule has 0 saturated carbocycles. The molecule has 2 aromatic rings. The smallest absolute Gasteiger partial charge is 0.145 e. The van der Waals surface area contributed by atoms with E-state index < -0.39 is 12.2 Å². The monoisotopic (exact) mass is 249 g/mol. The van der Waals surface area contributed by atoms with Gasteiger partial charge in [-0.2, -0.15) is 0 Å². The van der Waals surface area contributed by atoms with Gasteiger partial charge in [-0.3, -0.25) is 0 Å². The lowest BCUT2D eigenvalue weighted by Gasteiger charge is -2.14. The average molecular weight is 249 g/mol. The highest BCUT2D eigenvalue weighted by molar-refractivity contribution is 5.78. The van der Waals surface area contributed by atoms with Gasteiger partial charge in [-0.15, -0.1) is 0 Å². The Morgan fingerprint density at radius 3 is 3.06 bits per heavy atom. The summed E-state index contributed by atoms with van der Waals surface area (Å²) >= 11 is 0. The average Bonchev–Trinajstić information content (AvgIpc) is 2.93. The van der Waals surface area contributed by atoms with Gasteiger partial charge in [0.15, 0.2) is 0 Å². The maximum Gasteiger partial charge on any atom is 0.145 e. The molecule has 0 amide bonds. The fourth-order valence-electron chi connectivity index (χ4n) is 2.38. The zero-order valence-corrected chi connectivity index (χ0v) is 10.0. The summed E-state index contributed by atoms with van der Waals surface area (Å²) < 4.78 is 7.50. The summed E-state index contributed by atoms with van der Waals surface area (Å²) in [6.45, 7) is 1.75. The highest BCUT2D eigenvalue weighted by Gasteiger charge is 2.34. The molecule has 1 aliphatic rings. The van der Waals surface area contributed by atoms with Crippen LogP contribution in [0.25, 0.3) is 11.0 Å². The van der Waals surface area contributed by atoms with Crippen LogP contribution in [0, 0.1) is 6.92 Å². The van der Waals surface area contributed by atoms with Gasteiger partial charge in [0.1, 0.15) is 24.3 Å². The number of ether oxygens (including phenoxy) is 1. The summed E-state index contributed by atoms with van der Waals surface area (Å²) in [5.41, 5.74) is 1.70. The van der Waals surface area contributed by atoms with Crippen molar-refractivity contribution in [1.29, 1.82) is 0 Å². The van der Waals surface area contributed by atoms with Gasteiger partial charge in [0.05, 0.1) is 18.4 Å². The van der Waals surface area contributed by atoms with Crippen LogP contribution in [-0.2, 0) is 4.74 Å². The second-order valence-corrected chi connectivity index (χ2v) is 4.53. The van der Waals surface area contributed by atoms with Crippen molar-refractivity contribution < 1.29 is 14.9 Å². The summed E-state index contributed by atoms with van der Waals surface area (Å²) in [6.07, 6.45) is 2.41. The van der Waals surface area contributed by atoms with Crippen molar-refractivity contribution in [2.45, 2.75) is 31.8 Å². The predicted molar refractivity (Wildman–Crippen MR) is 63.9 cm³/mol. The first kappa shape index (κ1) is 11.6. The Kier molecular flexibility index (Phi) is 2.77. The van der Waals surface area contributed by atoms with Crippen LogP contribution in [0.2, 0.25) is 0 Å². The number of aliphatic hydroxyl groups excluding tert-OH is 2. The van der Waals surface area contributed by atoms with Crippen molar-refractivity contribution in [1.82, 2.24) is 14.5 Å². The van der Waals surface area contributed by atoms with Gasteiger partial charge in [0.2, 0.25) is 0 Å². The van der Waals surface area contributed by atoms with Crippen LogP contribution in [0.3, 0.4) is 0 Å². The lowest BCUT2D eigenvalue weighted by molar-refractivity contribution is -0.0430. The summed E-state index contributed by atoms with van der Waals surface area (Å²) in [6, 6.07) is 1.94. The first-order valence-corrected chi connectivity index (χ1v) is 5.93. The van der Waals surface area contributed by atoms with Gasteiger partial charge in [0, 0.05) is 18.0 Å². The zero-order chi connectivity index (χ0) is 12.7. The molecule has 0 radical (unpaired) electrons. The van der Waals surface area contributed by atoms with Gasteiger partial charge >= 0.3 is 0 Å². The minimum absolute atomic E-state index is 0.176. The number of aliphatic hydroxyl groups is 2. The summed E-state index contributed by atoms with van der Waals surface area (Å²) in [5.74, 6) is 0. The first-order valence-electron chi connectivity index (χ1n) is 5.93. The van der Waals surface area contributed by atoms with E-state index in [-0.39, 0.29) is 12.8 Å². The summed E-state index contributed by atoms with van der Waals surface area (Å²) in [5, 5.41) is 19.8. The van der Waals surface area contributed by atoms with Crippen LogP contribution in [0.5, 0.6) is 0 Å². The van der Waals surface area contributed by atoms with E-state index in [0.29, 0.717) is 6.42 Å². The lowest BCUT2D eigenvalue weighted by Crippen LogP contribution is -2.24. The molecule has 2 N–H and O–H groups in total. The van der Waals surface area contributed by atoms with Crippen LogP contribution in [-0.4, -0.2) is 43.6 Å². The molecule has 6 nitrogen and oxygen atoms in total. The largest absolute Gasteiger partial charge is 0.394 e. The fraction of sp³-hybridized carbons (Fsp3) is 0.500. The molecule has 0 aliphatic carbocycles. The van der Waals surface area contributed by atoms with E-state index in [1.165, 1.54) is 6.33 Å². The number of hydrogen-bond acceptors (Lipinski definition) is 5. The SMILES string of the molecule is Cc1ncnc2c1ccn2[C@H]1CC(O)[C@@H](CO)O1. The molecular weight excluding hydrogens is 234 g/mol. The summed E-state index contributed by atoms with van der Waals surface area (Å²) in [7, 11) is 0. The molecule has 96 valence electrons. The first-order chi connectivity index (χ1) is 8.70. The van der Waals surface area contributed by atoms with Crippen LogP contribution < -0.4 is 0 Å². The Hall–Kier alpha value is -1.50. The number of rotatable bonds is 2. The maximum absolute atomic E-state index is 9.75. The van der Waals surface area contributed by atoms with E-state index in [2.05, 4.69) is 9.97 Å². The molecular formula is C12H15N3O3. The number of aromatic nitrogens is 3. The molecule has 1 unspecified atom stereocenters. The molecule has 0 aromatic carbocycles. The van der Waals surface area contributed by atoms with E-state index in [4.69, 9.17) is 9.84 Å². The van der Waals surface area contributed by atoms with E-state index >= 15 is 0 Å². The van der Waals surface area contributed by atoms with Gasteiger partial charge in [-0.1, -0.05) is 0 Å². The third-order valence-electron chi connectivity index (χ3n) is 3.40.